The largest absolute Gasteiger partial charge is 0.365 e. The topological polar surface area (TPSA) is 80.1 Å². The Bertz CT molecular complexity index is 471. The molecule has 0 bridgehead atoms. The molecule has 90 valence electrons. The van der Waals surface area contributed by atoms with Crippen molar-refractivity contribution in [3.05, 3.63) is 27.4 Å². The molecule has 0 amide bonds. The predicted molar refractivity (Wildman–Crippen MR) is 63.2 cm³/mol. The van der Waals surface area contributed by atoms with Gasteiger partial charge in [0, 0.05) is 25.2 Å². The van der Waals surface area contributed by atoms with Crippen LogP contribution in [0.5, 0.6) is 0 Å². The van der Waals surface area contributed by atoms with E-state index in [0.717, 1.165) is 13.1 Å². The van der Waals surface area contributed by atoms with Crippen LogP contribution < -0.4 is 10.6 Å². The fraction of sp³-hybridized carbons (Fsp3) is 0.500. The molecule has 2 atom stereocenters. The molecule has 1 aromatic heterocycles. The Morgan fingerprint density at radius 3 is 2.82 bits per heavy atom. The highest BCUT2D eigenvalue weighted by Crippen LogP contribution is 2.44. The van der Waals surface area contributed by atoms with E-state index in [9.17, 15) is 10.1 Å². The molecule has 0 spiro atoms. The van der Waals surface area contributed by atoms with Gasteiger partial charge < -0.3 is 10.6 Å². The molecule has 1 aromatic rings. The smallest absolute Gasteiger partial charge is 0.289 e. The number of halogens is 1. The van der Waals surface area contributed by atoms with Crippen LogP contribution in [0.2, 0.25) is 5.02 Å². The molecule has 2 N–H and O–H groups in total. The standard InChI is InChI=1S/C10H11ClN4O2/c11-8-1-5(15(16)17)2-13-10(8)14-9-6-3-12-4-7(6)9/h1-2,6-7,9,12H,3-4H2,(H,13,14). The quantitative estimate of drug-likeness (QED) is 0.627. The number of rotatable bonds is 3. The molecule has 0 aromatic carbocycles. The summed E-state index contributed by atoms with van der Waals surface area (Å²) in [6.45, 7) is 2.04. The Balaban J connectivity index is 1.73. The first-order chi connectivity index (χ1) is 8.16. The maximum absolute atomic E-state index is 10.5. The number of nitro groups is 1. The SMILES string of the molecule is O=[N+]([O-])c1cnc(NC2C3CNCC32)c(Cl)c1. The minimum absolute atomic E-state index is 0.0850. The Morgan fingerprint density at radius 1 is 1.53 bits per heavy atom. The lowest BCUT2D eigenvalue weighted by atomic mass is 10.3. The predicted octanol–water partition coefficient (Wildman–Crippen LogP) is 1.27. The van der Waals surface area contributed by atoms with Crippen LogP contribution in [-0.2, 0) is 0 Å². The number of hydrogen-bond donors (Lipinski definition) is 2. The monoisotopic (exact) mass is 254 g/mol. The van der Waals surface area contributed by atoms with E-state index in [2.05, 4.69) is 15.6 Å². The Morgan fingerprint density at radius 2 is 2.24 bits per heavy atom. The third-order valence-electron chi connectivity index (χ3n) is 3.43. The van der Waals surface area contributed by atoms with Crippen molar-refractivity contribution >= 4 is 23.1 Å². The fourth-order valence-corrected chi connectivity index (χ4v) is 2.64. The maximum atomic E-state index is 10.5. The summed E-state index contributed by atoms with van der Waals surface area (Å²) in [6.07, 6.45) is 1.23. The second-order valence-electron chi connectivity index (χ2n) is 4.44. The van der Waals surface area contributed by atoms with Gasteiger partial charge in [-0.25, -0.2) is 4.98 Å². The summed E-state index contributed by atoms with van der Waals surface area (Å²) in [5.74, 6) is 1.82. The zero-order valence-electron chi connectivity index (χ0n) is 8.89. The Kier molecular flexibility index (Phi) is 2.41. The molecule has 17 heavy (non-hydrogen) atoms. The van der Waals surface area contributed by atoms with E-state index in [1.165, 1.54) is 12.3 Å². The first kappa shape index (κ1) is 10.7. The lowest BCUT2D eigenvalue weighted by Gasteiger charge is -2.09. The third-order valence-corrected chi connectivity index (χ3v) is 3.72. The van der Waals surface area contributed by atoms with Gasteiger partial charge in [-0.2, -0.15) is 0 Å². The van der Waals surface area contributed by atoms with Crippen molar-refractivity contribution in [2.45, 2.75) is 6.04 Å². The van der Waals surface area contributed by atoms with E-state index in [4.69, 9.17) is 11.6 Å². The number of nitrogens with zero attached hydrogens (tertiary/aromatic N) is 2. The molecule has 2 aliphatic rings. The Labute approximate surface area is 103 Å². The summed E-state index contributed by atoms with van der Waals surface area (Å²) < 4.78 is 0. The van der Waals surface area contributed by atoms with E-state index in [1.807, 2.05) is 0 Å². The molecule has 1 saturated heterocycles. The van der Waals surface area contributed by atoms with Crippen LogP contribution in [-0.4, -0.2) is 29.0 Å². The maximum Gasteiger partial charge on any atom is 0.289 e. The Hall–Kier alpha value is -1.40. The van der Waals surface area contributed by atoms with E-state index in [-0.39, 0.29) is 5.69 Å². The molecule has 1 saturated carbocycles. The highest BCUT2D eigenvalue weighted by molar-refractivity contribution is 6.33. The van der Waals surface area contributed by atoms with Gasteiger partial charge in [0.15, 0.2) is 0 Å². The zero-order valence-corrected chi connectivity index (χ0v) is 9.65. The summed E-state index contributed by atoms with van der Waals surface area (Å²) in [6, 6.07) is 1.73. The fourth-order valence-electron chi connectivity index (χ4n) is 2.42. The van der Waals surface area contributed by atoms with E-state index in [1.54, 1.807) is 0 Å². The molecule has 2 unspecified atom stereocenters. The average molecular weight is 255 g/mol. The van der Waals surface area contributed by atoms with Crippen molar-refractivity contribution < 1.29 is 4.92 Å². The zero-order chi connectivity index (χ0) is 12.0. The van der Waals surface area contributed by atoms with Crippen LogP contribution in [0.25, 0.3) is 0 Å². The van der Waals surface area contributed by atoms with Gasteiger partial charge in [-0.15, -0.1) is 0 Å². The first-order valence-corrected chi connectivity index (χ1v) is 5.82. The van der Waals surface area contributed by atoms with Gasteiger partial charge in [-0.3, -0.25) is 10.1 Å². The van der Waals surface area contributed by atoms with Crippen molar-refractivity contribution in [1.29, 1.82) is 0 Å². The van der Waals surface area contributed by atoms with Crippen LogP contribution in [0.3, 0.4) is 0 Å². The molecular weight excluding hydrogens is 244 g/mol. The van der Waals surface area contributed by atoms with Crippen molar-refractivity contribution in [3.63, 3.8) is 0 Å². The molecule has 1 aliphatic heterocycles. The van der Waals surface area contributed by atoms with E-state index in [0.29, 0.717) is 28.7 Å². The van der Waals surface area contributed by atoms with Crippen molar-refractivity contribution in [2.75, 3.05) is 18.4 Å². The van der Waals surface area contributed by atoms with Gasteiger partial charge in [-0.1, -0.05) is 11.6 Å². The minimum Gasteiger partial charge on any atom is -0.365 e. The molecule has 0 radical (unpaired) electrons. The summed E-state index contributed by atoms with van der Waals surface area (Å²) >= 11 is 5.96. The summed E-state index contributed by atoms with van der Waals surface area (Å²) in [7, 11) is 0. The number of anilines is 1. The van der Waals surface area contributed by atoms with E-state index < -0.39 is 4.92 Å². The lowest BCUT2D eigenvalue weighted by Crippen LogP contribution is -2.21. The van der Waals surface area contributed by atoms with Crippen LogP contribution in [0.1, 0.15) is 0 Å². The summed E-state index contributed by atoms with van der Waals surface area (Å²) in [5.41, 5.74) is -0.0850. The van der Waals surface area contributed by atoms with E-state index >= 15 is 0 Å². The second kappa shape index (κ2) is 3.82. The number of fused-ring (bicyclic) bond motifs is 1. The molecule has 6 nitrogen and oxygen atoms in total. The third kappa shape index (κ3) is 1.83. The van der Waals surface area contributed by atoms with Crippen molar-refractivity contribution in [2.24, 2.45) is 11.8 Å². The van der Waals surface area contributed by atoms with Gasteiger partial charge in [-0.05, 0) is 11.8 Å². The normalized spacial score (nSPS) is 29.8. The highest BCUT2D eigenvalue weighted by atomic mass is 35.5. The highest BCUT2D eigenvalue weighted by Gasteiger charge is 2.53. The minimum atomic E-state index is -0.502. The average Bonchev–Trinajstić information content (AvgIpc) is 2.74. The second-order valence-corrected chi connectivity index (χ2v) is 4.84. The summed E-state index contributed by atoms with van der Waals surface area (Å²) in [5, 5.41) is 17.4. The molecule has 2 heterocycles. The van der Waals surface area contributed by atoms with Crippen LogP contribution in [0, 0.1) is 22.0 Å². The molecular formula is C10H11ClN4O2. The number of aromatic nitrogens is 1. The number of pyridine rings is 1. The van der Waals surface area contributed by atoms with Gasteiger partial charge in [0.2, 0.25) is 0 Å². The van der Waals surface area contributed by atoms with Gasteiger partial charge in [0.25, 0.3) is 5.69 Å². The summed E-state index contributed by atoms with van der Waals surface area (Å²) in [4.78, 5) is 14.0. The van der Waals surface area contributed by atoms with Crippen LogP contribution in [0.4, 0.5) is 11.5 Å². The lowest BCUT2D eigenvalue weighted by molar-refractivity contribution is -0.385. The van der Waals surface area contributed by atoms with Gasteiger partial charge in [0.1, 0.15) is 12.0 Å². The molecule has 7 heteroatoms. The van der Waals surface area contributed by atoms with Crippen molar-refractivity contribution in [1.82, 2.24) is 10.3 Å². The van der Waals surface area contributed by atoms with Crippen molar-refractivity contribution in [3.8, 4) is 0 Å². The van der Waals surface area contributed by atoms with Crippen LogP contribution >= 0.6 is 11.6 Å². The van der Waals surface area contributed by atoms with Gasteiger partial charge >= 0.3 is 0 Å². The molecule has 2 fully saturated rings. The van der Waals surface area contributed by atoms with Gasteiger partial charge in [0.05, 0.1) is 9.95 Å². The van der Waals surface area contributed by atoms with Crippen LogP contribution in [0.15, 0.2) is 12.3 Å². The first-order valence-electron chi connectivity index (χ1n) is 5.44. The number of piperidine rings is 1. The molecule has 1 aliphatic carbocycles. The number of hydrogen-bond acceptors (Lipinski definition) is 5. The number of nitrogens with one attached hydrogen (secondary N) is 2. The molecule has 3 rings (SSSR count).